The molecule has 7 nitrogen and oxygen atoms in total. The Hall–Kier alpha value is -2.58. The maximum absolute atomic E-state index is 12.5. The van der Waals surface area contributed by atoms with Crippen molar-refractivity contribution in [2.45, 2.75) is 19.4 Å². The van der Waals surface area contributed by atoms with Gasteiger partial charge in [0.2, 0.25) is 17.7 Å². The van der Waals surface area contributed by atoms with Gasteiger partial charge in [0.25, 0.3) is 0 Å². The van der Waals surface area contributed by atoms with E-state index in [-0.39, 0.29) is 5.91 Å². The van der Waals surface area contributed by atoms with E-state index in [9.17, 15) is 4.79 Å². The van der Waals surface area contributed by atoms with Crippen molar-refractivity contribution in [3.63, 3.8) is 0 Å². The van der Waals surface area contributed by atoms with Crippen molar-refractivity contribution in [2.75, 3.05) is 26.2 Å². The molecule has 1 fully saturated rings. The fourth-order valence-electron chi connectivity index (χ4n) is 3.17. The molecule has 4 rings (SSSR count). The standard InChI is InChI=1S/C19H21N5O2S/c25-18(12-16-5-2-11-27-16)24-8-3-7-23(9-10-24)14-17-21-22-19(26-17)15-4-1-6-20-13-15/h1-2,4-6,11,13H,3,7-10,12,14H2. The first kappa shape index (κ1) is 17.8. The second-order valence-electron chi connectivity index (χ2n) is 6.51. The summed E-state index contributed by atoms with van der Waals surface area (Å²) >= 11 is 1.63. The topological polar surface area (TPSA) is 75.4 Å². The summed E-state index contributed by atoms with van der Waals surface area (Å²) < 4.78 is 5.77. The van der Waals surface area contributed by atoms with Crippen LogP contribution in [0.15, 0.2) is 46.5 Å². The van der Waals surface area contributed by atoms with E-state index in [0.717, 1.165) is 43.0 Å². The molecule has 1 amide bonds. The minimum absolute atomic E-state index is 0.205. The lowest BCUT2D eigenvalue weighted by molar-refractivity contribution is -0.130. The summed E-state index contributed by atoms with van der Waals surface area (Å²) in [6.07, 6.45) is 4.86. The van der Waals surface area contributed by atoms with E-state index in [2.05, 4.69) is 20.1 Å². The Balaban J connectivity index is 1.32. The molecular weight excluding hydrogens is 362 g/mol. The van der Waals surface area contributed by atoms with Crippen LogP contribution in [-0.4, -0.2) is 57.1 Å². The third kappa shape index (κ3) is 4.58. The van der Waals surface area contributed by atoms with Gasteiger partial charge in [-0.2, -0.15) is 0 Å². The fourth-order valence-corrected chi connectivity index (χ4v) is 3.86. The number of rotatable bonds is 5. The molecule has 27 heavy (non-hydrogen) atoms. The average Bonchev–Trinajstić information content (AvgIpc) is 3.31. The molecule has 0 N–H and O–H groups in total. The van der Waals surface area contributed by atoms with Crippen LogP contribution in [0.5, 0.6) is 0 Å². The van der Waals surface area contributed by atoms with Gasteiger partial charge in [-0.1, -0.05) is 6.07 Å². The Morgan fingerprint density at radius 3 is 2.93 bits per heavy atom. The number of nitrogens with zero attached hydrogens (tertiary/aromatic N) is 5. The second-order valence-corrected chi connectivity index (χ2v) is 7.54. The van der Waals surface area contributed by atoms with Gasteiger partial charge in [-0.25, -0.2) is 0 Å². The molecule has 0 aliphatic carbocycles. The van der Waals surface area contributed by atoms with Gasteiger partial charge < -0.3 is 9.32 Å². The van der Waals surface area contributed by atoms with Crippen molar-refractivity contribution in [2.24, 2.45) is 0 Å². The minimum atomic E-state index is 0.205. The molecular formula is C19H21N5O2S. The Morgan fingerprint density at radius 1 is 1.15 bits per heavy atom. The predicted molar refractivity (Wildman–Crippen MR) is 102 cm³/mol. The molecule has 0 spiro atoms. The van der Waals surface area contributed by atoms with Crippen molar-refractivity contribution < 1.29 is 9.21 Å². The normalized spacial score (nSPS) is 15.6. The van der Waals surface area contributed by atoms with Gasteiger partial charge in [-0.3, -0.25) is 14.7 Å². The van der Waals surface area contributed by atoms with Gasteiger partial charge in [0.05, 0.1) is 18.5 Å². The highest BCUT2D eigenvalue weighted by atomic mass is 32.1. The monoisotopic (exact) mass is 383 g/mol. The first-order valence-corrected chi connectivity index (χ1v) is 9.91. The number of pyridine rings is 1. The van der Waals surface area contributed by atoms with Gasteiger partial charge in [0.15, 0.2) is 0 Å². The minimum Gasteiger partial charge on any atom is -0.419 e. The summed E-state index contributed by atoms with van der Waals surface area (Å²) in [5.41, 5.74) is 0.817. The van der Waals surface area contributed by atoms with Crippen LogP contribution in [-0.2, 0) is 17.8 Å². The van der Waals surface area contributed by atoms with E-state index in [4.69, 9.17) is 4.42 Å². The number of thiophene rings is 1. The molecule has 1 aliphatic heterocycles. The molecule has 0 aromatic carbocycles. The average molecular weight is 383 g/mol. The predicted octanol–water partition coefficient (Wildman–Crippen LogP) is 2.47. The summed E-state index contributed by atoms with van der Waals surface area (Å²) in [6, 6.07) is 7.74. The Kier molecular flexibility index (Phi) is 5.55. The lowest BCUT2D eigenvalue weighted by Gasteiger charge is -2.21. The van der Waals surface area contributed by atoms with E-state index < -0.39 is 0 Å². The molecule has 0 unspecified atom stereocenters. The zero-order valence-electron chi connectivity index (χ0n) is 15.0. The maximum atomic E-state index is 12.5. The van der Waals surface area contributed by atoms with Crippen molar-refractivity contribution in [3.05, 3.63) is 52.8 Å². The largest absolute Gasteiger partial charge is 0.419 e. The first-order chi connectivity index (χ1) is 13.3. The van der Waals surface area contributed by atoms with Gasteiger partial charge in [0, 0.05) is 43.4 Å². The Bertz CT molecular complexity index is 865. The van der Waals surface area contributed by atoms with E-state index in [1.165, 1.54) is 0 Å². The highest BCUT2D eigenvalue weighted by Gasteiger charge is 2.21. The van der Waals surface area contributed by atoms with Crippen LogP contribution in [0.2, 0.25) is 0 Å². The summed E-state index contributed by atoms with van der Waals surface area (Å²) in [4.78, 5) is 21.9. The third-order valence-corrected chi connectivity index (χ3v) is 5.46. The molecule has 1 aliphatic rings. The van der Waals surface area contributed by atoms with Crippen LogP contribution in [0.25, 0.3) is 11.5 Å². The molecule has 3 aromatic rings. The number of carbonyl (C=O) groups excluding carboxylic acids is 1. The molecule has 4 heterocycles. The zero-order valence-corrected chi connectivity index (χ0v) is 15.8. The zero-order chi connectivity index (χ0) is 18.5. The highest BCUT2D eigenvalue weighted by Crippen LogP contribution is 2.18. The van der Waals surface area contributed by atoms with E-state index in [0.29, 0.717) is 24.7 Å². The highest BCUT2D eigenvalue weighted by molar-refractivity contribution is 7.10. The van der Waals surface area contributed by atoms with Crippen LogP contribution in [0.4, 0.5) is 0 Å². The molecule has 0 atom stereocenters. The molecule has 0 saturated carbocycles. The number of hydrogen-bond acceptors (Lipinski definition) is 7. The molecule has 8 heteroatoms. The number of hydrogen-bond donors (Lipinski definition) is 0. The number of amides is 1. The van der Waals surface area contributed by atoms with Gasteiger partial charge in [-0.15, -0.1) is 21.5 Å². The molecule has 1 saturated heterocycles. The molecule has 0 radical (unpaired) electrons. The first-order valence-electron chi connectivity index (χ1n) is 9.03. The lowest BCUT2D eigenvalue weighted by Crippen LogP contribution is -2.35. The molecule has 3 aromatic heterocycles. The van der Waals surface area contributed by atoms with Crippen molar-refractivity contribution in [3.8, 4) is 11.5 Å². The van der Waals surface area contributed by atoms with E-state index in [1.807, 2.05) is 34.5 Å². The van der Waals surface area contributed by atoms with Crippen LogP contribution in [0.1, 0.15) is 17.2 Å². The number of carbonyl (C=O) groups is 1. The fraction of sp³-hybridized carbons (Fsp3) is 0.368. The summed E-state index contributed by atoms with van der Waals surface area (Å²) in [6.45, 7) is 3.84. The van der Waals surface area contributed by atoms with Crippen LogP contribution in [0.3, 0.4) is 0 Å². The van der Waals surface area contributed by atoms with Gasteiger partial charge >= 0.3 is 0 Å². The Morgan fingerprint density at radius 2 is 2.11 bits per heavy atom. The Labute approximate surface area is 161 Å². The molecule has 140 valence electrons. The smallest absolute Gasteiger partial charge is 0.249 e. The SMILES string of the molecule is O=C(Cc1cccs1)N1CCCN(Cc2nnc(-c3cccnc3)o2)CC1. The van der Waals surface area contributed by atoms with E-state index >= 15 is 0 Å². The van der Waals surface area contributed by atoms with Crippen LogP contribution >= 0.6 is 11.3 Å². The summed E-state index contributed by atoms with van der Waals surface area (Å²) in [5.74, 6) is 1.28. The summed E-state index contributed by atoms with van der Waals surface area (Å²) in [7, 11) is 0. The lowest BCUT2D eigenvalue weighted by atomic mass is 10.3. The van der Waals surface area contributed by atoms with Crippen molar-refractivity contribution >= 4 is 17.2 Å². The van der Waals surface area contributed by atoms with Gasteiger partial charge in [-0.05, 0) is 30.0 Å². The maximum Gasteiger partial charge on any atom is 0.249 e. The summed E-state index contributed by atoms with van der Waals surface area (Å²) in [5, 5.41) is 10.3. The van der Waals surface area contributed by atoms with Crippen molar-refractivity contribution in [1.29, 1.82) is 0 Å². The molecule has 0 bridgehead atoms. The second kappa shape index (κ2) is 8.41. The van der Waals surface area contributed by atoms with E-state index in [1.54, 1.807) is 23.7 Å². The van der Waals surface area contributed by atoms with Crippen LogP contribution < -0.4 is 0 Å². The van der Waals surface area contributed by atoms with Crippen LogP contribution in [0, 0.1) is 0 Å². The number of aromatic nitrogens is 3. The van der Waals surface area contributed by atoms with Gasteiger partial charge in [0.1, 0.15) is 0 Å². The quantitative estimate of drug-likeness (QED) is 0.674. The van der Waals surface area contributed by atoms with Crippen molar-refractivity contribution in [1.82, 2.24) is 25.0 Å². The third-order valence-electron chi connectivity index (χ3n) is 4.58.